The molecule has 0 radical (unpaired) electrons. The SMILES string of the molecule is N#Cc1nc(-c2ccncc2)[nH]c1C#N. The van der Waals surface area contributed by atoms with Gasteiger partial charge in [0.25, 0.3) is 0 Å². The zero-order valence-corrected chi connectivity index (χ0v) is 7.60. The number of nitrogens with zero attached hydrogens (tertiary/aromatic N) is 4. The smallest absolute Gasteiger partial charge is 0.177 e. The second-order valence-corrected chi connectivity index (χ2v) is 2.77. The maximum absolute atomic E-state index is 8.73. The normalized spacial score (nSPS) is 9.20. The quantitative estimate of drug-likeness (QED) is 0.740. The van der Waals surface area contributed by atoms with Crippen molar-refractivity contribution < 1.29 is 0 Å². The number of H-pyrrole nitrogens is 1. The zero-order chi connectivity index (χ0) is 10.7. The Kier molecular flexibility index (Phi) is 2.14. The molecule has 0 aliphatic heterocycles. The molecule has 70 valence electrons. The van der Waals surface area contributed by atoms with E-state index in [1.54, 1.807) is 24.5 Å². The molecule has 2 aromatic rings. The molecule has 0 fully saturated rings. The molecule has 0 saturated carbocycles. The summed E-state index contributed by atoms with van der Waals surface area (Å²) in [5.74, 6) is 0.505. The number of hydrogen-bond acceptors (Lipinski definition) is 4. The van der Waals surface area contributed by atoms with Crippen LogP contribution >= 0.6 is 0 Å². The fourth-order valence-electron chi connectivity index (χ4n) is 1.18. The minimum Gasteiger partial charge on any atom is -0.329 e. The van der Waals surface area contributed by atoms with Crippen LogP contribution in [-0.2, 0) is 0 Å². The van der Waals surface area contributed by atoms with E-state index in [0.29, 0.717) is 5.82 Å². The van der Waals surface area contributed by atoms with Crippen molar-refractivity contribution >= 4 is 0 Å². The topological polar surface area (TPSA) is 89.2 Å². The predicted octanol–water partition coefficient (Wildman–Crippen LogP) is 1.22. The van der Waals surface area contributed by atoms with E-state index in [-0.39, 0.29) is 11.4 Å². The molecule has 0 saturated heterocycles. The van der Waals surface area contributed by atoms with Crippen molar-refractivity contribution in [1.29, 1.82) is 10.5 Å². The number of nitriles is 2. The highest BCUT2D eigenvalue weighted by Gasteiger charge is 2.09. The van der Waals surface area contributed by atoms with Gasteiger partial charge in [0.05, 0.1) is 0 Å². The Morgan fingerprint density at radius 2 is 1.87 bits per heavy atom. The number of nitrogens with one attached hydrogen (secondary N) is 1. The minimum absolute atomic E-state index is 0.115. The van der Waals surface area contributed by atoms with Crippen LogP contribution in [0.25, 0.3) is 11.4 Å². The van der Waals surface area contributed by atoms with Crippen molar-refractivity contribution in [2.24, 2.45) is 0 Å². The van der Waals surface area contributed by atoms with Crippen LogP contribution in [0.3, 0.4) is 0 Å². The Hall–Kier alpha value is -2.66. The molecular formula is C10H5N5. The van der Waals surface area contributed by atoms with E-state index in [0.717, 1.165) is 5.56 Å². The van der Waals surface area contributed by atoms with Crippen molar-refractivity contribution in [2.45, 2.75) is 0 Å². The van der Waals surface area contributed by atoms with Gasteiger partial charge in [-0.05, 0) is 12.1 Å². The van der Waals surface area contributed by atoms with Gasteiger partial charge in [-0.3, -0.25) is 4.98 Å². The van der Waals surface area contributed by atoms with Crippen LogP contribution in [0.1, 0.15) is 11.4 Å². The van der Waals surface area contributed by atoms with E-state index < -0.39 is 0 Å². The molecule has 0 aromatic carbocycles. The second kappa shape index (κ2) is 3.60. The standard InChI is InChI=1S/C10H5N5/c11-5-8-9(6-12)15-10(14-8)7-1-3-13-4-2-7/h1-4H,(H,14,15). The lowest BCUT2D eigenvalue weighted by Crippen LogP contribution is -1.80. The molecule has 15 heavy (non-hydrogen) atoms. The summed E-state index contributed by atoms with van der Waals surface area (Å²) in [5, 5.41) is 17.4. The molecule has 0 atom stereocenters. The average molecular weight is 195 g/mol. The molecule has 0 spiro atoms. The first-order chi connectivity index (χ1) is 7.35. The Morgan fingerprint density at radius 1 is 1.13 bits per heavy atom. The lowest BCUT2D eigenvalue weighted by molar-refractivity contribution is 1.26. The van der Waals surface area contributed by atoms with Crippen LogP contribution in [0.15, 0.2) is 24.5 Å². The molecule has 0 aliphatic rings. The average Bonchev–Trinajstić information content (AvgIpc) is 2.73. The van der Waals surface area contributed by atoms with Crippen LogP contribution in [-0.4, -0.2) is 15.0 Å². The van der Waals surface area contributed by atoms with Gasteiger partial charge < -0.3 is 4.98 Å². The van der Waals surface area contributed by atoms with Gasteiger partial charge in [0.2, 0.25) is 0 Å². The van der Waals surface area contributed by atoms with Gasteiger partial charge in [-0.1, -0.05) is 0 Å². The van der Waals surface area contributed by atoms with Crippen LogP contribution in [0.2, 0.25) is 0 Å². The van der Waals surface area contributed by atoms with Gasteiger partial charge in [-0.2, -0.15) is 10.5 Å². The molecule has 0 unspecified atom stereocenters. The third-order valence-corrected chi connectivity index (χ3v) is 1.88. The third kappa shape index (κ3) is 1.54. The number of hydrogen-bond donors (Lipinski definition) is 1. The largest absolute Gasteiger partial charge is 0.329 e. The third-order valence-electron chi connectivity index (χ3n) is 1.88. The summed E-state index contributed by atoms with van der Waals surface area (Å²) in [6.45, 7) is 0. The molecule has 2 aromatic heterocycles. The first-order valence-electron chi connectivity index (χ1n) is 4.15. The summed E-state index contributed by atoms with van der Waals surface area (Å²) in [4.78, 5) is 10.6. The van der Waals surface area contributed by atoms with Crippen molar-refractivity contribution in [3.05, 3.63) is 35.9 Å². The summed E-state index contributed by atoms with van der Waals surface area (Å²) in [5.41, 5.74) is 1.09. The van der Waals surface area contributed by atoms with Gasteiger partial charge in [0.1, 0.15) is 18.0 Å². The van der Waals surface area contributed by atoms with Gasteiger partial charge in [-0.25, -0.2) is 4.98 Å². The number of pyridine rings is 1. The molecule has 0 amide bonds. The first-order valence-corrected chi connectivity index (χ1v) is 4.15. The van der Waals surface area contributed by atoms with Crippen LogP contribution < -0.4 is 0 Å². The van der Waals surface area contributed by atoms with E-state index in [9.17, 15) is 0 Å². The lowest BCUT2D eigenvalue weighted by Gasteiger charge is -1.92. The molecule has 5 nitrogen and oxygen atoms in total. The van der Waals surface area contributed by atoms with Crippen LogP contribution in [0, 0.1) is 22.7 Å². The second-order valence-electron chi connectivity index (χ2n) is 2.77. The van der Waals surface area contributed by atoms with Crippen LogP contribution in [0.4, 0.5) is 0 Å². The fraction of sp³-hybridized carbons (Fsp3) is 0. The summed E-state index contributed by atoms with van der Waals surface area (Å²) in [6.07, 6.45) is 3.24. The molecule has 0 aliphatic carbocycles. The van der Waals surface area contributed by atoms with Crippen molar-refractivity contribution in [1.82, 2.24) is 15.0 Å². The Bertz CT molecular complexity index is 524. The van der Waals surface area contributed by atoms with Gasteiger partial charge in [-0.15, -0.1) is 0 Å². The molecule has 2 heterocycles. The van der Waals surface area contributed by atoms with E-state index in [2.05, 4.69) is 15.0 Å². The van der Waals surface area contributed by atoms with Crippen molar-refractivity contribution in [3.8, 4) is 23.5 Å². The maximum atomic E-state index is 8.73. The van der Waals surface area contributed by atoms with E-state index in [1.165, 1.54) is 0 Å². The maximum Gasteiger partial charge on any atom is 0.177 e. The van der Waals surface area contributed by atoms with Crippen LogP contribution in [0.5, 0.6) is 0 Å². The van der Waals surface area contributed by atoms with E-state index >= 15 is 0 Å². The molecule has 2 rings (SSSR count). The molecule has 1 N–H and O–H groups in total. The van der Waals surface area contributed by atoms with Gasteiger partial charge >= 0.3 is 0 Å². The first kappa shape index (κ1) is 8.92. The van der Waals surface area contributed by atoms with Gasteiger partial charge in [0, 0.05) is 18.0 Å². The molecular weight excluding hydrogens is 190 g/mol. The highest BCUT2D eigenvalue weighted by molar-refractivity contribution is 5.57. The van der Waals surface area contributed by atoms with Crippen molar-refractivity contribution in [2.75, 3.05) is 0 Å². The fourth-order valence-corrected chi connectivity index (χ4v) is 1.18. The Labute approximate surface area is 85.7 Å². The predicted molar refractivity (Wildman–Crippen MR) is 51.2 cm³/mol. The summed E-state index contributed by atoms with van der Waals surface area (Å²) in [7, 11) is 0. The van der Waals surface area contributed by atoms with E-state index in [4.69, 9.17) is 10.5 Å². The van der Waals surface area contributed by atoms with Crippen molar-refractivity contribution in [3.63, 3.8) is 0 Å². The summed E-state index contributed by atoms with van der Waals surface area (Å²) in [6, 6.07) is 7.24. The molecule has 5 heteroatoms. The van der Waals surface area contributed by atoms with E-state index in [1.807, 2.05) is 12.1 Å². The number of aromatic amines is 1. The Morgan fingerprint density at radius 3 is 2.40 bits per heavy atom. The van der Waals surface area contributed by atoms with Gasteiger partial charge in [0.15, 0.2) is 11.4 Å². The highest BCUT2D eigenvalue weighted by Crippen LogP contribution is 2.16. The summed E-state index contributed by atoms with van der Waals surface area (Å²) < 4.78 is 0. The zero-order valence-electron chi connectivity index (χ0n) is 7.60. The monoisotopic (exact) mass is 195 g/mol. The Balaban J connectivity index is 2.54. The summed E-state index contributed by atoms with van der Waals surface area (Å²) >= 11 is 0. The number of imidazole rings is 1. The molecule has 0 bridgehead atoms. The number of aromatic nitrogens is 3. The highest BCUT2D eigenvalue weighted by atomic mass is 14.9. The minimum atomic E-state index is 0.115. The lowest BCUT2D eigenvalue weighted by atomic mass is 10.2. The number of rotatable bonds is 1.